The van der Waals surface area contributed by atoms with Crippen molar-refractivity contribution < 1.29 is 0 Å². The van der Waals surface area contributed by atoms with Gasteiger partial charge in [-0.05, 0) is 110 Å². The summed E-state index contributed by atoms with van der Waals surface area (Å²) in [6.07, 6.45) is 18.3. The number of hydrogen-bond acceptors (Lipinski definition) is 0. The van der Waals surface area contributed by atoms with Gasteiger partial charge in [-0.3, -0.25) is 0 Å². The topological polar surface area (TPSA) is 0 Å². The predicted molar refractivity (Wildman–Crippen MR) is 136 cm³/mol. The molecule has 0 spiro atoms. The maximum absolute atomic E-state index is 2.75. The van der Waals surface area contributed by atoms with Crippen molar-refractivity contribution >= 4 is 0 Å². The fourth-order valence-corrected chi connectivity index (χ4v) is 9.50. The first-order valence-electron chi connectivity index (χ1n) is 13.3. The van der Waals surface area contributed by atoms with Gasteiger partial charge in [0, 0.05) is 0 Å². The molecule has 4 aliphatic rings. The molecule has 30 heavy (non-hydrogen) atoms. The zero-order chi connectivity index (χ0) is 20.1. The van der Waals surface area contributed by atoms with E-state index in [4.69, 9.17) is 0 Å². The maximum atomic E-state index is 2.75. The van der Waals surface area contributed by atoms with Gasteiger partial charge in [0.1, 0.15) is 0 Å². The second-order valence-corrected chi connectivity index (χ2v) is 13.1. The number of fused-ring (bicyclic) bond motifs is 5. The van der Waals surface area contributed by atoms with Crippen molar-refractivity contribution in [3.05, 3.63) is 0 Å². The molecule has 4 aliphatic carbocycles. The van der Waals surface area contributed by atoms with Crippen LogP contribution in [-0.4, -0.2) is 0 Å². The highest BCUT2D eigenvalue weighted by Crippen LogP contribution is 2.68. The lowest BCUT2D eigenvalue weighted by atomic mass is 9.44. The minimum Gasteiger partial charge on any atom is -0.0776 e. The molecule has 4 rings (SSSR count). The highest BCUT2D eigenvalue weighted by atomic mass is 14.6. The third-order valence-electron chi connectivity index (χ3n) is 11.1. The maximum Gasteiger partial charge on any atom is -0.0264 e. The van der Waals surface area contributed by atoms with Gasteiger partial charge < -0.3 is 0 Å². The summed E-state index contributed by atoms with van der Waals surface area (Å²) in [6.45, 7) is 15.4. The largest absolute Gasteiger partial charge is 0.0776 e. The third-order valence-corrected chi connectivity index (χ3v) is 11.1. The molecule has 4 saturated carbocycles. The van der Waals surface area contributed by atoms with Crippen LogP contribution in [0.1, 0.15) is 133 Å². The standard InChI is InChI=1S/C28H50.2CH4/c1-19(2)8-7-9-21(4)24-12-13-25-23-11-10-22-18-20(3)14-16-27(22,5)26(23)15-17-28(24,25)6;;/h19-26H,7-18H2,1-6H3;2*1H4/t20-,21+,22?,23-,24+,25?,26?,27-,28+;;/m0../s1. The molecule has 0 aromatic carbocycles. The van der Waals surface area contributed by atoms with E-state index in [-0.39, 0.29) is 14.9 Å². The lowest BCUT2D eigenvalue weighted by Gasteiger charge is -2.61. The average Bonchev–Trinajstić information content (AvgIpc) is 2.99. The van der Waals surface area contributed by atoms with Crippen molar-refractivity contribution in [2.45, 2.75) is 133 Å². The molecule has 0 N–H and O–H groups in total. The van der Waals surface area contributed by atoms with Crippen LogP contribution >= 0.6 is 0 Å². The van der Waals surface area contributed by atoms with Gasteiger partial charge in [-0.25, -0.2) is 0 Å². The molecule has 0 amide bonds. The van der Waals surface area contributed by atoms with E-state index in [0.717, 1.165) is 47.3 Å². The molecule has 0 aliphatic heterocycles. The Kier molecular flexibility index (Phi) is 8.64. The van der Waals surface area contributed by atoms with Gasteiger partial charge in [-0.2, -0.15) is 0 Å². The van der Waals surface area contributed by atoms with E-state index in [1.54, 1.807) is 44.9 Å². The van der Waals surface area contributed by atoms with Gasteiger partial charge in [-0.15, -0.1) is 0 Å². The van der Waals surface area contributed by atoms with E-state index in [0.29, 0.717) is 10.8 Å². The summed E-state index contributed by atoms with van der Waals surface area (Å²) in [6, 6.07) is 0. The van der Waals surface area contributed by atoms with E-state index in [2.05, 4.69) is 41.5 Å². The first-order chi connectivity index (χ1) is 13.3. The molecule has 3 unspecified atom stereocenters. The third kappa shape index (κ3) is 4.41. The Morgan fingerprint density at radius 3 is 2.13 bits per heavy atom. The number of hydrogen-bond donors (Lipinski definition) is 0. The van der Waals surface area contributed by atoms with E-state index in [1.165, 1.54) is 32.1 Å². The van der Waals surface area contributed by atoms with Crippen molar-refractivity contribution in [3.63, 3.8) is 0 Å². The lowest BCUT2D eigenvalue weighted by molar-refractivity contribution is -0.120. The Morgan fingerprint density at radius 2 is 1.43 bits per heavy atom. The normalized spacial score (nSPS) is 46.1. The second kappa shape index (κ2) is 9.87. The van der Waals surface area contributed by atoms with E-state index < -0.39 is 0 Å². The number of rotatable bonds is 5. The van der Waals surface area contributed by atoms with Crippen LogP contribution in [0.15, 0.2) is 0 Å². The molecular weight excluding hydrogens is 360 g/mol. The molecule has 0 aromatic heterocycles. The second-order valence-electron chi connectivity index (χ2n) is 13.1. The van der Waals surface area contributed by atoms with Gasteiger partial charge in [0.05, 0.1) is 0 Å². The van der Waals surface area contributed by atoms with Crippen molar-refractivity contribution in [1.29, 1.82) is 0 Å². The SMILES string of the molecule is C.C.CC(C)CCC[C@@H](C)[C@H]1CCC2[C@@H]3CCC4C[C@@H](C)CC[C@]4(C)C3CC[C@@]21C. The van der Waals surface area contributed by atoms with Crippen molar-refractivity contribution in [2.24, 2.45) is 58.2 Å². The molecule has 9 atom stereocenters. The Balaban J connectivity index is 0.00000160. The summed E-state index contributed by atoms with van der Waals surface area (Å²) in [5.74, 6) is 8.08. The van der Waals surface area contributed by atoms with Crippen LogP contribution in [0, 0.1) is 58.2 Å². The Morgan fingerprint density at radius 1 is 0.767 bits per heavy atom. The zero-order valence-electron chi connectivity index (χ0n) is 20.1. The van der Waals surface area contributed by atoms with Crippen molar-refractivity contribution in [2.75, 3.05) is 0 Å². The van der Waals surface area contributed by atoms with Crippen molar-refractivity contribution in [3.8, 4) is 0 Å². The first-order valence-corrected chi connectivity index (χ1v) is 13.3. The van der Waals surface area contributed by atoms with Crippen LogP contribution < -0.4 is 0 Å². The highest BCUT2D eigenvalue weighted by Gasteiger charge is 2.60. The van der Waals surface area contributed by atoms with Crippen LogP contribution in [0.5, 0.6) is 0 Å². The monoisotopic (exact) mass is 418 g/mol. The molecule has 178 valence electrons. The van der Waals surface area contributed by atoms with E-state index in [9.17, 15) is 0 Å². The molecule has 0 radical (unpaired) electrons. The predicted octanol–water partition coefficient (Wildman–Crippen LogP) is 10.0. The summed E-state index contributed by atoms with van der Waals surface area (Å²) >= 11 is 0. The van der Waals surface area contributed by atoms with Gasteiger partial charge in [0.25, 0.3) is 0 Å². The van der Waals surface area contributed by atoms with Crippen LogP contribution in [0.2, 0.25) is 0 Å². The van der Waals surface area contributed by atoms with Gasteiger partial charge in [-0.1, -0.05) is 82.1 Å². The molecule has 4 fully saturated rings. The quantitative estimate of drug-likeness (QED) is 0.416. The smallest absolute Gasteiger partial charge is 0.0264 e. The molecule has 0 aromatic rings. The fourth-order valence-electron chi connectivity index (χ4n) is 9.50. The molecular formula is C30H58. The molecule has 0 saturated heterocycles. The molecule has 0 bridgehead atoms. The summed E-state index contributed by atoms with van der Waals surface area (Å²) in [5, 5.41) is 0. The van der Waals surface area contributed by atoms with Gasteiger partial charge >= 0.3 is 0 Å². The minimum atomic E-state index is 0. The lowest BCUT2D eigenvalue weighted by Crippen LogP contribution is -2.53. The van der Waals surface area contributed by atoms with E-state index in [1.807, 2.05) is 0 Å². The molecule has 0 heterocycles. The zero-order valence-corrected chi connectivity index (χ0v) is 20.1. The Labute approximate surface area is 191 Å². The van der Waals surface area contributed by atoms with Crippen molar-refractivity contribution in [1.82, 2.24) is 0 Å². The molecule has 0 nitrogen and oxygen atoms in total. The fraction of sp³-hybridized carbons (Fsp3) is 1.00. The summed E-state index contributed by atoms with van der Waals surface area (Å²) in [4.78, 5) is 0. The summed E-state index contributed by atoms with van der Waals surface area (Å²) in [5.41, 5.74) is 1.36. The minimum absolute atomic E-state index is 0. The van der Waals surface area contributed by atoms with Crippen LogP contribution in [0.3, 0.4) is 0 Å². The van der Waals surface area contributed by atoms with E-state index >= 15 is 0 Å². The Hall–Kier alpha value is 0. The first kappa shape index (κ1) is 26.3. The average molecular weight is 419 g/mol. The Bertz CT molecular complexity index is 534. The van der Waals surface area contributed by atoms with Gasteiger partial charge in [0.2, 0.25) is 0 Å². The van der Waals surface area contributed by atoms with Crippen LogP contribution in [0.25, 0.3) is 0 Å². The summed E-state index contributed by atoms with van der Waals surface area (Å²) in [7, 11) is 0. The molecule has 0 heteroatoms. The summed E-state index contributed by atoms with van der Waals surface area (Å²) < 4.78 is 0. The van der Waals surface area contributed by atoms with Gasteiger partial charge in [0.15, 0.2) is 0 Å². The van der Waals surface area contributed by atoms with Crippen LogP contribution in [-0.2, 0) is 0 Å². The van der Waals surface area contributed by atoms with Crippen LogP contribution in [0.4, 0.5) is 0 Å². The highest BCUT2D eigenvalue weighted by molar-refractivity contribution is 5.09.